The van der Waals surface area contributed by atoms with E-state index in [1.807, 2.05) is 12.1 Å². The second-order valence-electron chi connectivity index (χ2n) is 3.42. The summed E-state index contributed by atoms with van der Waals surface area (Å²) in [4.78, 5) is 10.3. The van der Waals surface area contributed by atoms with Crippen LogP contribution in [0.5, 0.6) is 5.75 Å². The number of benzene rings is 1. The van der Waals surface area contributed by atoms with Crippen molar-refractivity contribution < 1.29 is 15.0 Å². The number of halogens is 1. The summed E-state index contributed by atoms with van der Waals surface area (Å²) in [6.45, 7) is 1.16. The van der Waals surface area contributed by atoms with E-state index in [4.69, 9.17) is 5.11 Å². The molecule has 0 aromatic heterocycles. The molecule has 0 aliphatic carbocycles. The monoisotopic (exact) mass is 287 g/mol. The van der Waals surface area contributed by atoms with E-state index in [1.165, 1.54) is 0 Å². The first-order chi connectivity index (χ1) is 7.61. The average Bonchev–Trinajstić information content (AvgIpc) is 2.23. The Morgan fingerprint density at radius 2 is 2.19 bits per heavy atom. The van der Waals surface area contributed by atoms with Crippen LogP contribution in [0.1, 0.15) is 18.4 Å². The van der Waals surface area contributed by atoms with Gasteiger partial charge in [0.1, 0.15) is 5.75 Å². The van der Waals surface area contributed by atoms with Crippen LogP contribution >= 0.6 is 15.9 Å². The summed E-state index contributed by atoms with van der Waals surface area (Å²) in [5.41, 5.74) is 0.796. The fourth-order valence-corrected chi connectivity index (χ4v) is 1.70. The first kappa shape index (κ1) is 13.0. The molecule has 0 radical (unpaired) electrons. The predicted molar refractivity (Wildman–Crippen MR) is 64.4 cm³/mol. The van der Waals surface area contributed by atoms with Gasteiger partial charge in [0.2, 0.25) is 0 Å². The third-order valence-electron chi connectivity index (χ3n) is 2.13. The van der Waals surface area contributed by atoms with E-state index < -0.39 is 5.97 Å². The van der Waals surface area contributed by atoms with Crippen LogP contribution in [0.4, 0.5) is 0 Å². The lowest BCUT2D eigenvalue weighted by atomic mass is 10.2. The molecule has 0 unspecified atom stereocenters. The summed E-state index contributed by atoms with van der Waals surface area (Å²) in [5.74, 6) is -0.555. The first-order valence-electron chi connectivity index (χ1n) is 5.00. The molecule has 0 spiro atoms. The first-order valence-corrected chi connectivity index (χ1v) is 5.79. The maximum Gasteiger partial charge on any atom is 0.303 e. The Kier molecular flexibility index (Phi) is 5.28. The van der Waals surface area contributed by atoms with Crippen LogP contribution < -0.4 is 5.32 Å². The van der Waals surface area contributed by atoms with Crippen molar-refractivity contribution in [3.63, 3.8) is 0 Å². The molecule has 0 saturated carbocycles. The number of nitrogens with one attached hydrogen (secondary N) is 1. The Morgan fingerprint density at radius 3 is 2.88 bits per heavy atom. The molecule has 0 bridgehead atoms. The molecule has 4 nitrogen and oxygen atoms in total. The highest BCUT2D eigenvalue weighted by molar-refractivity contribution is 9.10. The van der Waals surface area contributed by atoms with Gasteiger partial charge in [-0.3, -0.25) is 4.79 Å². The summed E-state index contributed by atoms with van der Waals surface area (Å²) >= 11 is 3.23. The predicted octanol–water partition coefficient (Wildman–Crippen LogP) is 2.11. The molecule has 1 aromatic rings. The van der Waals surface area contributed by atoms with Crippen molar-refractivity contribution >= 4 is 21.9 Å². The van der Waals surface area contributed by atoms with E-state index in [0.29, 0.717) is 24.0 Å². The van der Waals surface area contributed by atoms with Crippen molar-refractivity contribution in [3.05, 3.63) is 28.2 Å². The van der Waals surface area contributed by atoms with Gasteiger partial charge >= 0.3 is 5.97 Å². The standard InChI is InChI=1S/C11H14BrNO3/c12-9-4-1-3-8(11(9)16)7-13-6-2-5-10(14)15/h1,3-4,13,16H,2,5-7H2,(H,14,15). The Morgan fingerprint density at radius 1 is 1.44 bits per heavy atom. The minimum atomic E-state index is -0.785. The van der Waals surface area contributed by atoms with Gasteiger partial charge in [-0.05, 0) is 35.0 Å². The number of phenols is 1. The van der Waals surface area contributed by atoms with E-state index in [9.17, 15) is 9.90 Å². The van der Waals surface area contributed by atoms with E-state index in [1.54, 1.807) is 6.07 Å². The summed E-state index contributed by atoms with van der Waals surface area (Å²) in [5, 5.41) is 21.2. The van der Waals surface area contributed by atoms with Crippen molar-refractivity contribution in [2.45, 2.75) is 19.4 Å². The fourth-order valence-electron chi connectivity index (χ4n) is 1.29. The molecule has 0 aliphatic rings. The zero-order valence-electron chi connectivity index (χ0n) is 8.74. The van der Waals surface area contributed by atoms with Gasteiger partial charge < -0.3 is 15.5 Å². The maximum atomic E-state index is 10.3. The molecule has 0 saturated heterocycles. The highest BCUT2D eigenvalue weighted by Crippen LogP contribution is 2.27. The van der Waals surface area contributed by atoms with Crippen LogP contribution in [0.2, 0.25) is 0 Å². The van der Waals surface area contributed by atoms with Gasteiger partial charge in [-0.15, -0.1) is 0 Å². The highest BCUT2D eigenvalue weighted by Gasteiger charge is 2.03. The van der Waals surface area contributed by atoms with Gasteiger partial charge in [0.15, 0.2) is 0 Å². The van der Waals surface area contributed by atoms with Crippen LogP contribution in [-0.2, 0) is 11.3 Å². The molecule has 0 aliphatic heterocycles. The van der Waals surface area contributed by atoms with Crippen LogP contribution in [0.3, 0.4) is 0 Å². The van der Waals surface area contributed by atoms with E-state index in [2.05, 4.69) is 21.2 Å². The third-order valence-corrected chi connectivity index (χ3v) is 2.77. The van der Waals surface area contributed by atoms with Crippen molar-refractivity contribution in [3.8, 4) is 5.75 Å². The van der Waals surface area contributed by atoms with Crippen LogP contribution in [-0.4, -0.2) is 22.7 Å². The molecule has 16 heavy (non-hydrogen) atoms. The van der Waals surface area contributed by atoms with Crippen molar-refractivity contribution in [2.24, 2.45) is 0 Å². The molecule has 5 heteroatoms. The van der Waals surface area contributed by atoms with E-state index in [-0.39, 0.29) is 12.2 Å². The number of rotatable bonds is 6. The van der Waals surface area contributed by atoms with Crippen molar-refractivity contribution in [1.29, 1.82) is 0 Å². The SMILES string of the molecule is O=C(O)CCCNCc1cccc(Br)c1O. The zero-order chi connectivity index (χ0) is 12.0. The lowest BCUT2D eigenvalue weighted by molar-refractivity contribution is -0.137. The fraction of sp³-hybridized carbons (Fsp3) is 0.364. The van der Waals surface area contributed by atoms with Gasteiger partial charge in [0, 0.05) is 18.5 Å². The average molecular weight is 288 g/mol. The molecule has 0 heterocycles. The normalized spacial score (nSPS) is 10.3. The molecule has 1 rings (SSSR count). The molecule has 3 N–H and O–H groups in total. The molecule has 1 aromatic carbocycles. The quantitative estimate of drug-likeness (QED) is 0.701. The summed E-state index contributed by atoms with van der Waals surface area (Å²) in [6.07, 6.45) is 0.752. The minimum Gasteiger partial charge on any atom is -0.506 e. The van der Waals surface area contributed by atoms with Gasteiger partial charge in [0.25, 0.3) is 0 Å². The number of hydrogen-bond acceptors (Lipinski definition) is 3. The molecular weight excluding hydrogens is 274 g/mol. The van der Waals surface area contributed by atoms with Gasteiger partial charge in [-0.2, -0.15) is 0 Å². The van der Waals surface area contributed by atoms with Crippen LogP contribution in [0.25, 0.3) is 0 Å². The summed E-state index contributed by atoms with van der Waals surface area (Å²) in [6, 6.07) is 5.44. The number of carbonyl (C=O) groups is 1. The molecule has 88 valence electrons. The third kappa shape index (κ3) is 4.20. The zero-order valence-corrected chi connectivity index (χ0v) is 10.3. The van der Waals surface area contributed by atoms with Crippen LogP contribution in [0, 0.1) is 0 Å². The number of hydrogen-bond donors (Lipinski definition) is 3. The van der Waals surface area contributed by atoms with Crippen molar-refractivity contribution in [2.75, 3.05) is 6.54 Å². The Balaban J connectivity index is 2.32. The number of carboxylic acid groups (broad SMARTS) is 1. The topological polar surface area (TPSA) is 69.6 Å². The Bertz CT molecular complexity index is 368. The lowest BCUT2D eigenvalue weighted by Gasteiger charge is -2.07. The molecule has 0 fully saturated rings. The van der Waals surface area contributed by atoms with Gasteiger partial charge in [-0.25, -0.2) is 0 Å². The number of para-hydroxylation sites is 1. The lowest BCUT2D eigenvalue weighted by Crippen LogP contribution is -2.15. The highest BCUT2D eigenvalue weighted by atomic mass is 79.9. The Hall–Kier alpha value is -1.07. The van der Waals surface area contributed by atoms with E-state index in [0.717, 1.165) is 5.56 Å². The largest absolute Gasteiger partial charge is 0.506 e. The van der Waals surface area contributed by atoms with Crippen molar-refractivity contribution in [1.82, 2.24) is 5.32 Å². The second-order valence-corrected chi connectivity index (χ2v) is 4.28. The molecule has 0 atom stereocenters. The number of carboxylic acids is 1. The van der Waals surface area contributed by atoms with Gasteiger partial charge in [-0.1, -0.05) is 12.1 Å². The Labute approximate surface area is 102 Å². The van der Waals surface area contributed by atoms with E-state index >= 15 is 0 Å². The summed E-state index contributed by atoms with van der Waals surface area (Å²) < 4.78 is 0.664. The number of aliphatic carboxylic acids is 1. The maximum absolute atomic E-state index is 10.3. The minimum absolute atomic E-state index is 0.164. The number of phenolic OH excluding ortho intramolecular Hbond substituents is 1. The number of aromatic hydroxyl groups is 1. The summed E-state index contributed by atoms with van der Waals surface area (Å²) in [7, 11) is 0. The van der Waals surface area contributed by atoms with Gasteiger partial charge in [0.05, 0.1) is 4.47 Å². The van der Waals surface area contributed by atoms with Crippen LogP contribution in [0.15, 0.2) is 22.7 Å². The smallest absolute Gasteiger partial charge is 0.303 e. The second kappa shape index (κ2) is 6.50. The molecular formula is C11H14BrNO3. The molecule has 0 amide bonds.